The molecule has 214 valence electrons. The molecule has 42 heavy (non-hydrogen) atoms. The summed E-state index contributed by atoms with van der Waals surface area (Å²) < 4.78 is 5.42. The molecule has 0 heterocycles. The van der Waals surface area contributed by atoms with Crippen molar-refractivity contribution in [2.24, 2.45) is 0 Å². The van der Waals surface area contributed by atoms with Gasteiger partial charge in [0.2, 0.25) is 5.91 Å². The van der Waals surface area contributed by atoms with Gasteiger partial charge in [-0.3, -0.25) is 14.4 Å². The largest absolute Gasteiger partial charge is 0.496 e. The van der Waals surface area contributed by atoms with E-state index in [1.165, 1.54) is 18.9 Å². The number of benzene rings is 4. The van der Waals surface area contributed by atoms with E-state index in [0.717, 1.165) is 4.90 Å². The Morgan fingerprint density at radius 1 is 0.810 bits per heavy atom. The SMILES string of the molecule is COc1ccccc1/C=C(/NC(=O)c1ccccc1)C(=O)Nc1cccc(SC(C)C(=O)Nc2ccc(Cl)c(Cl)c2)c1. The number of carbonyl (C=O) groups excluding carboxylic acids is 3. The van der Waals surface area contributed by atoms with Crippen LogP contribution in [-0.2, 0) is 9.59 Å². The van der Waals surface area contributed by atoms with Crippen LogP contribution in [0.5, 0.6) is 5.75 Å². The third-order valence-electron chi connectivity index (χ3n) is 5.93. The van der Waals surface area contributed by atoms with Crippen LogP contribution < -0.4 is 20.7 Å². The Bertz CT molecular complexity index is 1630. The van der Waals surface area contributed by atoms with Crippen LogP contribution in [0.3, 0.4) is 0 Å². The van der Waals surface area contributed by atoms with Gasteiger partial charge in [0.05, 0.1) is 22.4 Å². The van der Waals surface area contributed by atoms with Crippen LogP contribution in [0.25, 0.3) is 6.08 Å². The number of para-hydroxylation sites is 1. The first kappa shape index (κ1) is 30.7. The maximum atomic E-state index is 13.5. The Balaban J connectivity index is 1.50. The van der Waals surface area contributed by atoms with Gasteiger partial charge in [0, 0.05) is 27.4 Å². The van der Waals surface area contributed by atoms with Crippen molar-refractivity contribution in [1.82, 2.24) is 5.32 Å². The van der Waals surface area contributed by atoms with E-state index in [2.05, 4.69) is 16.0 Å². The fourth-order valence-corrected chi connectivity index (χ4v) is 5.03. The molecule has 0 spiro atoms. The third-order valence-corrected chi connectivity index (χ3v) is 7.76. The lowest BCUT2D eigenvalue weighted by molar-refractivity contribution is -0.115. The summed E-state index contributed by atoms with van der Waals surface area (Å²) in [4.78, 5) is 39.9. The van der Waals surface area contributed by atoms with Crippen molar-refractivity contribution in [3.63, 3.8) is 0 Å². The van der Waals surface area contributed by atoms with Gasteiger partial charge in [0.15, 0.2) is 0 Å². The predicted molar refractivity (Wildman–Crippen MR) is 170 cm³/mol. The summed E-state index contributed by atoms with van der Waals surface area (Å²) in [6, 6.07) is 27.7. The molecule has 0 aliphatic heterocycles. The minimum absolute atomic E-state index is 0.0285. The summed E-state index contributed by atoms with van der Waals surface area (Å²) >= 11 is 13.3. The molecule has 0 aliphatic carbocycles. The fraction of sp³-hybridized carbons (Fsp3) is 0.0938. The molecule has 10 heteroatoms. The summed E-state index contributed by atoms with van der Waals surface area (Å²) in [5.41, 5.74) is 2.07. The highest BCUT2D eigenvalue weighted by molar-refractivity contribution is 8.00. The van der Waals surface area contributed by atoms with Crippen LogP contribution in [0.4, 0.5) is 11.4 Å². The second kappa shape index (κ2) is 14.6. The van der Waals surface area contributed by atoms with Gasteiger partial charge in [-0.15, -0.1) is 11.8 Å². The Labute approximate surface area is 258 Å². The van der Waals surface area contributed by atoms with Gasteiger partial charge < -0.3 is 20.7 Å². The lowest BCUT2D eigenvalue weighted by atomic mass is 10.1. The van der Waals surface area contributed by atoms with Gasteiger partial charge in [-0.25, -0.2) is 0 Å². The molecular formula is C32H27Cl2N3O4S. The molecule has 0 fully saturated rings. The molecule has 1 atom stereocenters. The van der Waals surface area contributed by atoms with Gasteiger partial charge in [-0.2, -0.15) is 0 Å². The van der Waals surface area contributed by atoms with Crippen molar-refractivity contribution in [3.8, 4) is 5.75 Å². The number of carbonyl (C=O) groups is 3. The molecule has 0 aliphatic rings. The number of nitrogens with one attached hydrogen (secondary N) is 3. The number of methoxy groups -OCH3 is 1. The van der Waals surface area contributed by atoms with Crippen LogP contribution in [0, 0.1) is 0 Å². The molecule has 0 aromatic heterocycles. The molecule has 4 rings (SSSR count). The maximum Gasteiger partial charge on any atom is 0.272 e. The second-order valence-electron chi connectivity index (χ2n) is 8.98. The van der Waals surface area contributed by atoms with E-state index in [1.54, 1.807) is 91.9 Å². The smallest absolute Gasteiger partial charge is 0.272 e. The van der Waals surface area contributed by atoms with Crippen LogP contribution in [0.2, 0.25) is 10.0 Å². The lowest BCUT2D eigenvalue weighted by Gasteiger charge is -2.14. The van der Waals surface area contributed by atoms with Crippen LogP contribution >= 0.6 is 35.0 Å². The van der Waals surface area contributed by atoms with E-state index in [9.17, 15) is 14.4 Å². The normalized spacial score (nSPS) is 11.8. The Morgan fingerprint density at radius 3 is 2.26 bits per heavy atom. The molecule has 0 bridgehead atoms. The number of amides is 3. The monoisotopic (exact) mass is 619 g/mol. The van der Waals surface area contributed by atoms with E-state index in [0.29, 0.717) is 38.3 Å². The summed E-state index contributed by atoms with van der Waals surface area (Å²) in [5, 5.41) is 8.68. The van der Waals surface area contributed by atoms with E-state index < -0.39 is 17.1 Å². The average molecular weight is 621 g/mol. The highest BCUT2D eigenvalue weighted by Crippen LogP contribution is 2.29. The summed E-state index contributed by atoms with van der Waals surface area (Å²) in [7, 11) is 1.53. The molecular weight excluding hydrogens is 593 g/mol. The van der Waals surface area contributed by atoms with E-state index in [1.807, 2.05) is 18.2 Å². The zero-order chi connectivity index (χ0) is 30.1. The van der Waals surface area contributed by atoms with Crippen LogP contribution in [-0.4, -0.2) is 30.1 Å². The van der Waals surface area contributed by atoms with Crippen molar-refractivity contribution >= 4 is 70.1 Å². The number of anilines is 2. The maximum absolute atomic E-state index is 13.5. The van der Waals surface area contributed by atoms with E-state index >= 15 is 0 Å². The number of ether oxygens (including phenoxy) is 1. The zero-order valence-electron chi connectivity index (χ0n) is 22.7. The molecule has 3 amide bonds. The number of hydrogen-bond acceptors (Lipinski definition) is 5. The second-order valence-corrected chi connectivity index (χ2v) is 11.2. The molecule has 0 radical (unpaired) electrons. The van der Waals surface area contributed by atoms with Gasteiger partial charge >= 0.3 is 0 Å². The quantitative estimate of drug-likeness (QED) is 0.126. The third kappa shape index (κ3) is 8.39. The minimum atomic E-state index is -0.530. The topological polar surface area (TPSA) is 96.5 Å². The van der Waals surface area contributed by atoms with Crippen LogP contribution in [0.15, 0.2) is 108 Å². The van der Waals surface area contributed by atoms with Gasteiger partial charge in [-0.05, 0) is 67.6 Å². The summed E-state index contributed by atoms with van der Waals surface area (Å²) in [6.45, 7) is 1.77. The molecule has 4 aromatic rings. The Hall–Kier alpha value is -4.24. The molecule has 4 aromatic carbocycles. The molecule has 1 unspecified atom stereocenters. The van der Waals surface area contributed by atoms with E-state index in [4.69, 9.17) is 27.9 Å². The van der Waals surface area contributed by atoms with Crippen molar-refractivity contribution in [2.45, 2.75) is 17.1 Å². The summed E-state index contributed by atoms with van der Waals surface area (Å²) in [6.07, 6.45) is 1.56. The van der Waals surface area contributed by atoms with Gasteiger partial charge in [0.25, 0.3) is 11.8 Å². The first-order valence-electron chi connectivity index (χ1n) is 12.8. The molecule has 0 saturated carbocycles. The van der Waals surface area contributed by atoms with Crippen molar-refractivity contribution < 1.29 is 19.1 Å². The Kier molecular flexibility index (Phi) is 10.7. The first-order chi connectivity index (χ1) is 20.2. The molecule has 3 N–H and O–H groups in total. The number of hydrogen-bond donors (Lipinski definition) is 3. The number of thioether (sulfide) groups is 1. The van der Waals surface area contributed by atoms with Gasteiger partial charge in [-0.1, -0.05) is 65.7 Å². The van der Waals surface area contributed by atoms with Crippen molar-refractivity contribution in [2.75, 3.05) is 17.7 Å². The number of rotatable bonds is 10. The molecule has 0 saturated heterocycles. The minimum Gasteiger partial charge on any atom is -0.496 e. The fourth-order valence-electron chi connectivity index (χ4n) is 3.80. The van der Waals surface area contributed by atoms with Gasteiger partial charge in [0.1, 0.15) is 11.4 Å². The average Bonchev–Trinajstić information content (AvgIpc) is 2.99. The van der Waals surface area contributed by atoms with Crippen LogP contribution in [0.1, 0.15) is 22.8 Å². The standard InChI is InChI=1S/C32H27Cl2N3O4S/c1-20(30(38)35-24-15-16-26(33)27(34)19-24)42-25-13-8-12-23(18-25)36-32(40)28(17-22-11-6-7-14-29(22)41-2)37-31(39)21-9-4-3-5-10-21/h3-20H,1-2H3,(H,35,38)(H,36,40)(H,37,39)/b28-17+. The first-order valence-corrected chi connectivity index (χ1v) is 14.4. The predicted octanol–water partition coefficient (Wildman–Crippen LogP) is 7.53. The lowest BCUT2D eigenvalue weighted by Crippen LogP contribution is -2.30. The van der Waals surface area contributed by atoms with E-state index in [-0.39, 0.29) is 11.6 Å². The summed E-state index contributed by atoms with van der Waals surface area (Å²) in [5.74, 6) is -0.641. The Morgan fingerprint density at radius 2 is 1.52 bits per heavy atom. The zero-order valence-corrected chi connectivity index (χ0v) is 25.0. The molecule has 7 nitrogen and oxygen atoms in total. The highest BCUT2D eigenvalue weighted by Gasteiger charge is 2.18. The van der Waals surface area contributed by atoms with Crippen molar-refractivity contribution in [1.29, 1.82) is 0 Å². The number of halogens is 2. The van der Waals surface area contributed by atoms with Crippen molar-refractivity contribution in [3.05, 3.63) is 124 Å². The highest BCUT2D eigenvalue weighted by atomic mass is 35.5.